The van der Waals surface area contributed by atoms with Gasteiger partial charge in [0.1, 0.15) is 0 Å². The first kappa shape index (κ1) is 12.5. The molecule has 0 fully saturated rings. The first-order valence-electron chi connectivity index (χ1n) is 5.39. The molecule has 2 rings (SSSR count). The molecular formula is C14H13BrClN. The number of hydrogen-bond acceptors (Lipinski definition) is 1. The van der Waals surface area contributed by atoms with Crippen molar-refractivity contribution in [2.75, 3.05) is 5.32 Å². The van der Waals surface area contributed by atoms with Crippen LogP contribution in [0.5, 0.6) is 0 Å². The molecule has 0 bridgehead atoms. The predicted octanol–water partition coefficient (Wildman–Crippen LogP) is 5.02. The minimum atomic E-state index is 0.764. The molecule has 0 amide bonds. The van der Waals surface area contributed by atoms with E-state index in [2.05, 4.69) is 39.4 Å². The third-order valence-corrected chi connectivity index (χ3v) is 3.30. The van der Waals surface area contributed by atoms with E-state index in [0.29, 0.717) is 0 Å². The van der Waals surface area contributed by atoms with E-state index in [0.717, 1.165) is 21.7 Å². The van der Waals surface area contributed by atoms with Crippen LogP contribution in [0.4, 0.5) is 5.69 Å². The van der Waals surface area contributed by atoms with E-state index in [9.17, 15) is 0 Å². The Bertz CT molecular complexity index is 525. The molecule has 2 aromatic rings. The molecule has 1 nitrogen and oxygen atoms in total. The summed E-state index contributed by atoms with van der Waals surface area (Å²) >= 11 is 9.61. The minimum Gasteiger partial charge on any atom is -0.380 e. The lowest BCUT2D eigenvalue weighted by molar-refractivity contribution is 1.14. The predicted molar refractivity (Wildman–Crippen MR) is 77.7 cm³/mol. The lowest BCUT2D eigenvalue weighted by Gasteiger charge is -2.09. The fourth-order valence-corrected chi connectivity index (χ4v) is 2.36. The van der Waals surface area contributed by atoms with Gasteiger partial charge in [0.25, 0.3) is 0 Å². The Morgan fingerprint density at radius 1 is 1.18 bits per heavy atom. The van der Waals surface area contributed by atoms with Crippen molar-refractivity contribution >= 4 is 33.2 Å². The summed E-state index contributed by atoms with van der Waals surface area (Å²) in [6.45, 7) is 2.80. The van der Waals surface area contributed by atoms with Crippen LogP contribution in [0.25, 0.3) is 0 Å². The van der Waals surface area contributed by atoms with Crippen molar-refractivity contribution in [3.8, 4) is 0 Å². The summed E-state index contributed by atoms with van der Waals surface area (Å²) in [6.07, 6.45) is 0. The first-order valence-corrected chi connectivity index (χ1v) is 6.57. The number of rotatable bonds is 3. The maximum Gasteiger partial charge on any atom is 0.0640 e. The van der Waals surface area contributed by atoms with Gasteiger partial charge in [0.2, 0.25) is 0 Å². The van der Waals surface area contributed by atoms with Gasteiger partial charge < -0.3 is 5.32 Å². The second-order valence-corrected chi connectivity index (χ2v) is 5.29. The van der Waals surface area contributed by atoms with E-state index < -0.39 is 0 Å². The van der Waals surface area contributed by atoms with Crippen LogP contribution in [0.1, 0.15) is 11.1 Å². The third kappa shape index (κ3) is 3.48. The SMILES string of the molecule is Cc1ccc(NCc2cccc(Br)c2)c(Cl)c1. The number of aryl methyl sites for hydroxylation is 1. The largest absolute Gasteiger partial charge is 0.380 e. The Hall–Kier alpha value is -0.990. The summed E-state index contributed by atoms with van der Waals surface area (Å²) < 4.78 is 1.09. The monoisotopic (exact) mass is 309 g/mol. The zero-order valence-corrected chi connectivity index (χ0v) is 11.8. The molecule has 0 aromatic heterocycles. The standard InChI is InChI=1S/C14H13BrClN/c1-10-5-6-14(13(16)7-10)17-9-11-3-2-4-12(15)8-11/h2-8,17H,9H2,1H3. The fourth-order valence-electron chi connectivity index (χ4n) is 1.61. The Morgan fingerprint density at radius 3 is 2.71 bits per heavy atom. The number of hydrogen-bond donors (Lipinski definition) is 1. The van der Waals surface area contributed by atoms with Crippen LogP contribution in [0.2, 0.25) is 5.02 Å². The van der Waals surface area contributed by atoms with Crippen LogP contribution in [0.3, 0.4) is 0 Å². The van der Waals surface area contributed by atoms with Crippen molar-refractivity contribution in [3.05, 3.63) is 63.1 Å². The van der Waals surface area contributed by atoms with Gasteiger partial charge in [-0.25, -0.2) is 0 Å². The summed E-state index contributed by atoms with van der Waals surface area (Å²) in [5.74, 6) is 0. The van der Waals surface area contributed by atoms with Crippen LogP contribution >= 0.6 is 27.5 Å². The first-order chi connectivity index (χ1) is 8.15. The Morgan fingerprint density at radius 2 is 2.00 bits per heavy atom. The van der Waals surface area contributed by atoms with Crippen molar-refractivity contribution in [2.24, 2.45) is 0 Å². The van der Waals surface area contributed by atoms with Crippen molar-refractivity contribution in [3.63, 3.8) is 0 Å². The molecule has 0 saturated carbocycles. The van der Waals surface area contributed by atoms with Crippen molar-refractivity contribution < 1.29 is 0 Å². The molecule has 1 N–H and O–H groups in total. The van der Waals surface area contributed by atoms with E-state index in [1.807, 2.05) is 31.2 Å². The second-order valence-electron chi connectivity index (χ2n) is 3.97. The normalized spacial score (nSPS) is 10.3. The van der Waals surface area contributed by atoms with Crippen LogP contribution in [-0.4, -0.2) is 0 Å². The van der Waals surface area contributed by atoms with E-state index in [1.54, 1.807) is 0 Å². The molecule has 3 heteroatoms. The van der Waals surface area contributed by atoms with Gasteiger partial charge in [-0.2, -0.15) is 0 Å². The summed E-state index contributed by atoms with van der Waals surface area (Å²) in [5, 5.41) is 4.09. The molecule has 0 aliphatic rings. The number of halogens is 2. The molecular weight excluding hydrogens is 298 g/mol. The Balaban J connectivity index is 2.07. The highest BCUT2D eigenvalue weighted by Crippen LogP contribution is 2.23. The molecule has 0 atom stereocenters. The molecule has 0 spiro atoms. The highest BCUT2D eigenvalue weighted by atomic mass is 79.9. The molecule has 0 radical (unpaired) electrons. The highest BCUT2D eigenvalue weighted by molar-refractivity contribution is 9.10. The van der Waals surface area contributed by atoms with Gasteiger partial charge in [-0.3, -0.25) is 0 Å². The fraction of sp³-hybridized carbons (Fsp3) is 0.143. The van der Waals surface area contributed by atoms with Crippen LogP contribution in [0.15, 0.2) is 46.9 Å². The van der Waals surface area contributed by atoms with Gasteiger partial charge in [-0.15, -0.1) is 0 Å². The molecule has 0 aliphatic heterocycles. The van der Waals surface area contributed by atoms with E-state index >= 15 is 0 Å². The molecule has 0 aliphatic carbocycles. The van der Waals surface area contributed by atoms with Crippen LogP contribution in [0, 0.1) is 6.92 Å². The molecule has 0 unspecified atom stereocenters. The van der Waals surface area contributed by atoms with Gasteiger partial charge in [0.15, 0.2) is 0 Å². The van der Waals surface area contributed by atoms with E-state index in [1.165, 1.54) is 11.1 Å². The average Bonchev–Trinajstić information content (AvgIpc) is 2.28. The van der Waals surface area contributed by atoms with Gasteiger partial charge in [0.05, 0.1) is 10.7 Å². The topological polar surface area (TPSA) is 12.0 Å². The minimum absolute atomic E-state index is 0.764. The van der Waals surface area contributed by atoms with Crippen LogP contribution in [-0.2, 0) is 6.54 Å². The van der Waals surface area contributed by atoms with Crippen molar-refractivity contribution in [1.29, 1.82) is 0 Å². The van der Waals surface area contributed by atoms with Gasteiger partial charge in [-0.05, 0) is 42.3 Å². The number of nitrogens with one attached hydrogen (secondary N) is 1. The quantitative estimate of drug-likeness (QED) is 0.839. The number of benzene rings is 2. The molecule has 0 saturated heterocycles. The molecule has 88 valence electrons. The molecule has 2 aromatic carbocycles. The van der Waals surface area contributed by atoms with E-state index in [4.69, 9.17) is 11.6 Å². The average molecular weight is 311 g/mol. The van der Waals surface area contributed by atoms with Gasteiger partial charge in [0, 0.05) is 11.0 Å². The van der Waals surface area contributed by atoms with E-state index in [-0.39, 0.29) is 0 Å². The maximum absolute atomic E-state index is 6.16. The third-order valence-electron chi connectivity index (χ3n) is 2.50. The molecule has 17 heavy (non-hydrogen) atoms. The summed E-state index contributed by atoms with van der Waals surface area (Å²) in [5.41, 5.74) is 3.36. The Kier molecular flexibility index (Phi) is 4.08. The maximum atomic E-state index is 6.16. The summed E-state index contributed by atoms with van der Waals surface area (Å²) in [4.78, 5) is 0. The zero-order chi connectivity index (χ0) is 12.3. The van der Waals surface area contributed by atoms with Gasteiger partial charge >= 0.3 is 0 Å². The lowest BCUT2D eigenvalue weighted by Crippen LogP contribution is -1.99. The van der Waals surface area contributed by atoms with Gasteiger partial charge in [-0.1, -0.05) is 45.7 Å². The summed E-state index contributed by atoms with van der Waals surface area (Å²) in [7, 11) is 0. The smallest absolute Gasteiger partial charge is 0.0640 e. The second kappa shape index (κ2) is 5.56. The molecule has 0 heterocycles. The van der Waals surface area contributed by atoms with Crippen molar-refractivity contribution in [2.45, 2.75) is 13.5 Å². The van der Waals surface area contributed by atoms with Crippen LogP contribution < -0.4 is 5.32 Å². The zero-order valence-electron chi connectivity index (χ0n) is 9.50. The number of anilines is 1. The Labute approximate surface area is 115 Å². The summed E-state index contributed by atoms with van der Waals surface area (Å²) in [6, 6.07) is 14.2. The van der Waals surface area contributed by atoms with Crippen molar-refractivity contribution in [1.82, 2.24) is 0 Å². The lowest BCUT2D eigenvalue weighted by atomic mass is 10.2. The highest BCUT2D eigenvalue weighted by Gasteiger charge is 2.00.